The Hall–Kier alpha value is -5.50. The molecular formula is C38H69N11O14. The summed E-state index contributed by atoms with van der Waals surface area (Å²) in [4.78, 5) is 138. The van der Waals surface area contributed by atoms with Crippen LogP contribution < -0.4 is 11.1 Å². The van der Waals surface area contributed by atoms with Crippen LogP contribution >= 0.6 is 0 Å². The third kappa shape index (κ3) is 23.0. The summed E-state index contributed by atoms with van der Waals surface area (Å²) in [5, 5.41) is 43.0. The molecule has 0 aliphatic rings. The van der Waals surface area contributed by atoms with E-state index in [0.717, 1.165) is 44.1 Å². The molecule has 0 saturated carbocycles. The fourth-order valence-electron chi connectivity index (χ4n) is 5.60. The first-order valence-corrected chi connectivity index (χ1v) is 20.1. The van der Waals surface area contributed by atoms with E-state index in [2.05, 4.69) is 5.32 Å². The second kappa shape index (κ2) is 28.2. The summed E-state index contributed by atoms with van der Waals surface area (Å²) in [6, 6.07) is 0. The van der Waals surface area contributed by atoms with E-state index in [-0.39, 0.29) is 39.3 Å². The summed E-state index contributed by atoms with van der Waals surface area (Å²) in [5.74, 6) is -7.06. The normalized spacial score (nSPS) is 12.7. The molecule has 4 unspecified atom stereocenters. The molecule has 0 aliphatic carbocycles. The van der Waals surface area contributed by atoms with Gasteiger partial charge in [-0.15, -0.1) is 0 Å². The Morgan fingerprint density at radius 2 is 0.587 bits per heavy atom. The van der Waals surface area contributed by atoms with Crippen LogP contribution in [0, 0.1) is 0 Å². The number of aliphatic hydroxyl groups excluding tert-OH is 4. The zero-order valence-electron chi connectivity index (χ0n) is 38.2. The maximum absolute atomic E-state index is 13.5. The molecule has 0 spiro atoms. The maximum atomic E-state index is 13.5. The predicted molar refractivity (Wildman–Crippen MR) is 224 cm³/mol. The van der Waals surface area contributed by atoms with Crippen molar-refractivity contribution in [2.24, 2.45) is 5.73 Å². The molecule has 4 atom stereocenters. The van der Waals surface area contributed by atoms with E-state index in [4.69, 9.17) is 5.73 Å². The number of primary amides is 1. The van der Waals surface area contributed by atoms with Gasteiger partial charge in [0.1, 0.15) is 0 Å². The Labute approximate surface area is 368 Å². The molecule has 0 aliphatic heterocycles. The van der Waals surface area contributed by atoms with E-state index < -0.39 is 136 Å². The Bertz CT molecular complexity index is 1600. The van der Waals surface area contributed by atoms with Gasteiger partial charge in [-0.1, -0.05) is 0 Å². The molecule has 0 heterocycles. The standard InChI is InChI=1S/C38H69N11O14/c1-25(50)12-46(21-33(58)43(8)17-31(56)41(6)16-29(39)54)38(63)24-49(15-28(4)53)36(61)20-45(10)32(57)18-44(9)34(59)22-47(13-26(2)51)37(62)23-48(14-27(3)52)35(60)19-42(7)30(55)11-40-5/h25-28,40,50-53H,11-24H2,1-10H3,(H2,39,54). The van der Waals surface area contributed by atoms with Crippen LogP contribution in [0.3, 0.4) is 0 Å². The van der Waals surface area contributed by atoms with Crippen molar-refractivity contribution in [3.63, 3.8) is 0 Å². The van der Waals surface area contributed by atoms with Gasteiger partial charge in [0.25, 0.3) is 0 Å². The van der Waals surface area contributed by atoms with Crippen molar-refractivity contribution >= 4 is 59.1 Å². The quantitative estimate of drug-likeness (QED) is 0.0425. The van der Waals surface area contributed by atoms with Crippen LogP contribution in [0.2, 0.25) is 0 Å². The van der Waals surface area contributed by atoms with Crippen molar-refractivity contribution in [3.05, 3.63) is 0 Å². The molecule has 0 aromatic carbocycles. The minimum absolute atomic E-state index is 0.0452. The van der Waals surface area contributed by atoms with Gasteiger partial charge in [-0.25, -0.2) is 0 Å². The first-order chi connectivity index (χ1) is 29.1. The third-order valence-corrected chi connectivity index (χ3v) is 8.99. The van der Waals surface area contributed by atoms with E-state index in [0.29, 0.717) is 0 Å². The molecule has 25 nitrogen and oxygen atoms in total. The first kappa shape index (κ1) is 57.5. The Morgan fingerprint density at radius 3 is 0.841 bits per heavy atom. The summed E-state index contributed by atoms with van der Waals surface area (Å²) in [5.41, 5.74) is 5.11. The van der Waals surface area contributed by atoms with Gasteiger partial charge in [0, 0.05) is 61.4 Å². The molecule has 0 saturated heterocycles. The molecule has 360 valence electrons. The molecule has 0 fully saturated rings. The molecule has 0 radical (unpaired) electrons. The topological polar surface area (TPSA) is 319 Å². The lowest BCUT2D eigenvalue weighted by Gasteiger charge is -2.31. The number of likely N-dealkylation sites (N-methyl/N-ethyl adjacent to an activating group) is 6. The van der Waals surface area contributed by atoms with Crippen molar-refractivity contribution in [3.8, 4) is 0 Å². The number of carbonyl (C=O) groups excluding carboxylic acids is 10. The first-order valence-electron chi connectivity index (χ1n) is 20.1. The number of rotatable bonds is 28. The van der Waals surface area contributed by atoms with E-state index in [1.807, 2.05) is 0 Å². The highest BCUT2D eigenvalue weighted by molar-refractivity contribution is 5.94. The van der Waals surface area contributed by atoms with Crippen LogP contribution in [-0.2, 0) is 47.9 Å². The minimum atomic E-state index is -1.15. The second-order valence-electron chi connectivity index (χ2n) is 15.7. The molecule has 0 rings (SSSR count). The Balaban J connectivity index is 5.84. The maximum Gasteiger partial charge on any atom is 0.242 e. The van der Waals surface area contributed by atoms with Crippen LogP contribution in [-0.4, -0.2) is 282 Å². The smallest absolute Gasteiger partial charge is 0.242 e. The lowest BCUT2D eigenvalue weighted by molar-refractivity contribution is -0.149. The van der Waals surface area contributed by atoms with Crippen molar-refractivity contribution in [1.82, 2.24) is 49.4 Å². The average molecular weight is 904 g/mol. The zero-order valence-corrected chi connectivity index (χ0v) is 38.2. The summed E-state index contributed by atoms with van der Waals surface area (Å²) in [6.45, 7) is -0.956. The Kier molecular flexibility index (Phi) is 25.8. The van der Waals surface area contributed by atoms with Crippen LogP contribution in [0.4, 0.5) is 0 Å². The van der Waals surface area contributed by atoms with E-state index >= 15 is 0 Å². The highest BCUT2D eigenvalue weighted by atomic mass is 16.3. The van der Waals surface area contributed by atoms with Crippen LogP contribution in [0.1, 0.15) is 27.7 Å². The van der Waals surface area contributed by atoms with Gasteiger partial charge in [-0.2, -0.15) is 0 Å². The van der Waals surface area contributed by atoms with Crippen LogP contribution in [0.5, 0.6) is 0 Å². The largest absolute Gasteiger partial charge is 0.392 e. The molecule has 63 heavy (non-hydrogen) atoms. The molecule has 7 N–H and O–H groups in total. The summed E-state index contributed by atoms with van der Waals surface area (Å²) < 4.78 is 0. The van der Waals surface area contributed by atoms with Crippen LogP contribution in [0.15, 0.2) is 0 Å². The molecule has 0 aromatic rings. The number of amides is 10. The number of nitrogens with two attached hydrogens (primary N) is 1. The summed E-state index contributed by atoms with van der Waals surface area (Å²) in [7, 11) is 8.05. The number of aliphatic hydroxyl groups is 4. The molecule has 10 amide bonds. The third-order valence-electron chi connectivity index (χ3n) is 8.99. The molecule has 0 bridgehead atoms. The average Bonchev–Trinajstić information content (AvgIpc) is 3.15. The summed E-state index contributed by atoms with van der Waals surface area (Å²) in [6.07, 6.45) is -4.45. The van der Waals surface area contributed by atoms with Gasteiger partial charge in [0.05, 0.1) is 89.9 Å². The number of hydrogen-bond acceptors (Lipinski definition) is 15. The number of hydrogen-bond donors (Lipinski definition) is 6. The van der Waals surface area contributed by atoms with Gasteiger partial charge in [-0.05, 0) is 34.7 Å². The van der Waals surface area contributed by atoms with Crippen molar-refractivity contribution in [2.75, 3.05) is 134 Å². The predicted octanol–water partition coefficient (Wildman–Crippen LogP) is -7.18. The Morgan fingerprint density at radius 1 is 0.381 bits per heavy atom. The molecule has 0 aromatic heterocycles. The van der Waals surface area contributed by atoms with Gasteiger partial charge < -0.3 is 75.6 Å². The van der Waals surface area contributed by atoms with Gasteiger partial charge in [0.15, 0.2) is 0 Å². The highest BCUT2D eigenvalue weighted by Gasteiger charge is 2.30. The number of carbonyl (C=O) groups is 10. The van der Waals surface area contributed by atoms with Crippen molar-refractivity contribution < 1.29 is 68.4 Å². The van der Waals surface area contributed by atoms with Gasteiger partial charge in [0.2, 0.25) is 59.1 Å². The van der Waals surface area contributed by atoms with Crippen LogP contribution in [0.25, 0.3) is 0 Å². The van der Waals surface area contributed by atoms with E-state index in [1.54, 1.807) is 7.05 Å². The highest BCUT2D eigenvalue weighted by Crippen LogP contribution is 2.06. The SMILES string of the molecule is CNCC(=O)N(C)CC(=O)N(CC(=O)N(CC(=O)N(C)CC(=O)N(C)CC(=O)N(CC(=O)N(CC(=O)N(C)CC(=O)N(C)CC(N)=O)CC(C)O)CC(C)O)CC(C)O)CC(C)O. The lowest BCUT2D eigenvalue weighted by Crippen LogP contribution is -2.53. The number of nitrogens with zero attached hydrogens (tertiary/aromatic N) is 9. The van der Waals surface area contributed by atoms with Crippen molar-refractivity contribution in [2.45, 2.75) is 52.1 Å². The van der Waals surface area contributed by atoms with E-state index in [1.165, 1.54) is 62.9 Å². The van der Waals surface area contributed by atoms with Gasteiger partial charge >= 0.3 is 0 Å². The summed E-state index contributed by atoms with van der Waals surface area (Å²) >= 11 is 0. The fraction of sp³-hybridized carbons (Fsp3) is 0.737. The van der Waals surface area contributed by atoms with E-state index in [9.17, 15) is 68.4 Å². The minimum Gasteiger partial charge on any atom is -0.392 e. The molecular weight excluding hydrogens is 834 g/mol. The lowest BCUT2D eigenvalue weighted by atomic mass is 10.2. The fourth-order valence-corrected chi connectivity index (χ4v) is 5.60. The monoisotopic (exact) mass is 904 g/mol. The second-order valence-corrected chi connectivity index (χ2v) is 15.7. The van der Waals surface area contributed by atoms with Gasteiger partial charge in [-0.3, -0.25) is 47.9 Å². The van der Waals surface area contributed by atoms with Crippen molar-refractivity contribution in [1.29, 1.82) is 0 Å². The zero-order chi connectivity index (χ0) is 48.9. The number of nitrogens with one attached hydrogen (secondary N) is 1. The molecule has 25 heteroatoms.